The highest BCUT2D eigenvalue weighted by atomic mass is 16.5. The number of carbonyl (C=O) groups excluding carboxylic acids is 1. The minimum atomic E-state index is -0.170. The number of hydrogen-bond donors (Lipinski definition) is 1. The molecule has 0 bridgehead atoms. The topological polar surface area (TPSA) is 55.6 Å². The van der Waals surface area contributed by atoms with Gasteiger partial charge in [-0.25, -0.2) is 0 Å². The third kappa shape index (κ3) is 6.33. The Bertz CT molecular complexity index is 1020. The van der Waals surface area contributed by atoms with E-state index in [2.05, 4.69) is 71.6 Å². The van der Waals surface area contributed by atoms with E-state index in [0.717, 1.165) is 57.7 Å². The number of hydrogen-bond acceptors (Lipinski definition) is 3. The summed E-state index contributed by atoms with van der Waals surface area (Å²) < 4.78 is 6.00. The maximum atomic E-state index is 11.5. The lowest BCUT2D eigenvalue weighted by atomic mass is 9.97. The molecule has 168 valence electrons. The van der Waals surface area contributed by atoms with E-state index >= 15 is 0 Å². The standard InChI is InChI=1S/C28H34N2O2/c29-28(31)26-11-7-16-30(21-26)20-23-12-13-25-19-27(15-14-24(25)18-23)32-17-6-2-5-10-22-8-3-1-4-9-22/h1,3-4,8-9,12-15,18-19,26H,2,5-7,10-11,16-17,20-21H2,(H2,29,31). The molecule has 32 heavy (non-hydrogen) atoms. The first-order valence-electron chi connectivity index (χ1n) is 11.9. The molecule has 1 aliphatic rings. The molecule has 0 saturated carbocycles. The van der Waals surface area contributed by atoms with Crippen LogP contribution in [0.15, 0.2) is 66.7 Å². The first-order valence-corrected chi connectivity index (χ1v) is 11.9. The van der Waals surface area contributed by atoms with Crippen LogP contribution >= 0.6 is 0 Å². The molecular formula is C28H34N2O2. The Morgan fingerprint density at radius 1 is 0.938 bits per heavy atom. The van der Waals surface area contributed by atoms with Crippen LogP contribution in [-0.2, 0) is 17.8 Å². The Kier molecular flexibility index (Phi) is 7.78. The van der Waals surface area contributed by atoms with Gasteiger partial charge in [-0.05, 0) is 85.2 Å². The molecule has 3 aromatic rings. The van der Waals surface area contributed by atoms with Gasteiger partial charge in [0, 0.05) is 13.1 Å². The van der Waals surface area contributed by atoms with Crippen molar-refractivity contribution in [3.8, 4) is 5.75 Å². The number of piperidine rings is 1. The molecular weight excluding hydrogens is 396 g/mol. The van der Waals surface area contributed by atoms with Crippen molar-refractivity contribution in [1.82, 2.24) is 4.90 Å². The lowest BCUT2D eigenvalue weighted by molar-refractivity contribution is -0.123. The lowest BCUT2D eigenvalue weighted by Gasteiger charge is -2.31. The summed E-state index contributed by atoms with van der Waals surface area (Å²) in [4.78, 5) is 13.9. The van der Waals surface area contributed by atoms with Gasteiger partial charge >= 0.3 is 0 Å². The molecule has 0 aliphatic carbocycles. The SMILES string of the molecule is NC(=O)C1CCCN(Cc2ccc3cc(OCCCCCc4ccccc4)ccc3c2)C1. The average Bonchev–Trinajstić information content (AvgIpc) is 2.82. The van der Waals surface area contributed by atoms with Gasteiger partial charge in [0.1, 0.15) is 5.75 Å². The number of amides is 1. The third-order valence-corrected chi connectivity index (χ3v) is 6.41. The minimum Gasteiger partial charge on any atom is -0.494 e. The second-order valence-electron chi connectivity index (χ2n) is 8.96. The zero-order chi connectivity index (χ0) is 22.2. The summed E-state index contributed by atoms with van der Waals surface area (Å²) in [6.07, 6.45) is 6.54. The molecule has 1 fully saturated rings. The van der Waals surface area contributed by atoms with Crippen LogP contribution < -0.4 is 10.5 Å². The Morgan fingerprint density at radius 2 is 1.75 bits per heavy atom. The largest absolute Gasteiger partial charge is 0.494 e. The van der Waals surface area contributed by atoms with Gasteiger partial charge in [-0.3, -0.25) is 9.69 Å². The monoisotopic (exact) mass is 430 g/mol. The number of rotatable bonds is 10. The summed E-state index contributed by atoms with van der Waals surface area (Å²) in [6, 6.07) is 23.6. The van der Waals surface area contributed by atoms with Gasteiger partial charge in [0.15, 0.2) is 0 Å². The van der Waals surface area contributed by atoms with Crippen LogP contribution in [0.3, 0.4) is 0 Å². The number of carbonyl (C=O) groups is 1. The second kappa shape index (κ2) is 11.1. The van der Waals surface area contributed by atoms with Crippen molar-refractivity contribution in [2.75, 3.05) is 19.7 Å². The van der Waals surface area contributed by atoms with Crippen molar-refractivity contribution in [2.24, 2.45) is 11.7 Å². The van der Waals surface area contributed by atoms with Crippen LogP contribution in [0.25, 0.3) is 10.8 Å². The molecule has 1 saturated heterocycles. The smallest absolute Gasteiger partial charge is 0.221 e. The first kappa shape index (κ1) is 22.3. The number of nitrogens with zero attached hydrogens (tertiary/aromatic N) is 1. The number of aryl methyl sites for hydroxylation is 1. The molecule has 1 amide bonds. The molecule has 1 atom stereocenters. The van der Waals surface area contributed by atoms with Crippen LogP contribution in [0.5, 0.6) is 5.75 Å². The summed E-state index contributed by atoms with van der Waals surface area (Å²) >= 11 is 0. The summed E-state index contributed by atoms with van der Waals surface area (Å²) in [6.45, 7) is 3.42. The van der Waals surface area contributed by atoms with Gasteiger partial charge in [-0.1, -0.05) is 48.5 Å². The van der Waals surface area contributed by atoms with Crippen LogP contribution in [0.2, 0.25) is 0 Å². The number of likely N-dealkylation sites (tertiary alicyclic amines) is 1. The van der Waals surface area contributed by atoms with E-state index in [1.54, 1.807) is 0 Å². The quantitative estimate of drug-likeness (QED) is 0.442. The van der Waals surface area contributed by atoms with Gasteiger partial charge in [0.05, 0.1) is 12.5 Å². The summed E-state index contributed by atoms with van der Waals surface area (Å²) in [5, 5.41) is 2.42. The zero-order valence-electron chi connectivity index (χ0n) is 18.8. The Balaban J connectivity index is 1.24. The van der Waals surface area contributed by atoms with E-state index in [0.29, 0.717) is 0 Å². The van der Waals surface area contributed by atoms with E-state index in [9.17, 15) is 4.79 Å². The van der Waals surface area contributed by atoms with Crippen molar-refractivity contribution in [3.63, 3.8) is 0 Å². The molecule has 4 rings (SSSR count). The summed E-state index contributed by atoms with van der Waals surface area (Å²) in [5.74, 6) is 0.757. The van der Waals surface area contributed by atoms with Gasteiger partial charge in [-0.2, -0.15) is 0 Å². The highest BCUT2D eigenvalue weighted by Crippen LogP contribution is 2.24. The van der Waals surface area contributed by atoms with E-state index < -0.39 is 0 Å². The zero-order valence-corrected chi connectivity index (χ0v) is 18.8. The normalized spacial score (nSPS) is 16.8. The molecule has 1 unspecified atom stereocenters. The van der Waals surface area contributed by atoms with E-state index in [1.807, 2.05) is 0 Å². The van der Waals surface area contributed by atoms with E-state index in [1.165, 1.54) is 34.7 Å². The fourth-order valence-corrected chi connectivity index (χ4v) is 4.59. The van der Waals surface area contributed by atoms with Crippen LogP contribution in [0.4, 0.5) is 0 Å². The predicted molar refractivity (Wildman–Crippen MR) is 131 cm³/mol. The number of unbranched alkanes of at least 4 members (excludes halogenated alkanes) is 2. The van der Waals surface area contributed by atoms with Crippen molar-refractivity contribution >= 4 is 16.7 Å². The summed E-state index contributed by atoms with van der Waals surface area (Å²) in [5.41, 5.74) is 8.20. The van der Waals surface area contributed by atoms with Crippen LogP contribution in [0, 0.1) is 5.92 Å². The molecule has 0 radical (unpaired) electrons. The Hall–Kier alpha value is -2.85. The van der Waals surface area contributed by atoms with E-state index in [4.69, 9.17) is 10.5 Å². The lowest BCUT2D eigenvalue weighted by Crippen LogP contribution is -2.40. The summed E-state index contributed by atoms with van der Waals surface area (Å²) in [7, 11) is 0. The van der Waals surface area contributed by atoms with Crippen LogP contribution in [-0.4, -0.2) is 30.5 Å². The highest BCUT2D eigenvalue weighted by Gasteiger charge is 2.23. The van der Waals surface area contributed by atoms with Crippen molar-refractivity contribution in [1.29, 1.82) is 0 Å². The average molecular weight is 431 g/mol. The molecule has 2 N–H and O–H groups in total. The number of benzene rings is 3. The fourth-order valence-electron chi connectivity index (χ4n) is 4.59. The Labute approximate surface area is 191 Å². The van der Waals surface area contributed by atoms with Gasteiger partial charge in [0.25, 0.3) is 0 Å². The molecule has 3 aromatic carbocycles. The van der Waals surface area contributed by atoms with Crippen molar-refractivity contribution < 1.29 is 9.53 Å². The molecule has 1 heterocycles. The van der Waals surface area contributed by atoms with Gasteiger partial charge in [-0.15, -0.1) is 0 Å². The Morgan fingerprint density at radius 3 is 2.59 bits per heavy atom. The second-order valence-corrected chi connectivity index (χ2v) is 8.96. The first-order chi connectivity index (χ1) is 15.7. The molecule has 1 aliphatic heterocycles. The van der Waals surface area contributed by atoms with Gasteiger partial charge < -0.3 is 10.5 Å². The number of ether oxygens (including phenoxy) is 1. The van der Waals surface area contributed by atoms with Crippen LogP contribution in [0.1, 0.15) is 43.2 Å². The number of fused-ring (bicyclic) bond motifs is 1. The molecule has 4 nitrogen and oxygen atoms in total. The number of primary amides is 1. The van der Waals surface area contributed by atoms with Gasteiger partial charge in [0.2, 0.25) is 5.91 Å². The third-order valence-electron chi connectivity index (χ3n) is 6.41. The van der Waals surface area contributed by atoms with Crippen molar-refractivity contribution in [2.45, 2.75) is 45.1 Å². The number of nitrogens with two attached hydrogens (primary N) is 1. The van der Waals surface area contributed by atoms with Crippen molar-refractivity contribution in [3.05, 3.63) is 77.9 Å². The fraction of sp³-hybridized carbons (Fsp3) is 0.393. The predicted octanol–water partition coefficient (Wildman–Crippen LogP) is 5.33. The molecule has 4 heteroatoms. The molecule has 0 spiro atoms. The maximum absolute atomic E-state index is 11.5. The maximum Gasteiger partial charge on any atom is 0.221 e. The molecule has 0 aromatic heterocycles. The highest BCUT2D eigenvalue weighted by molar-refractivity contribution is 5.84. The minimum absolute atomic E-state index is 0.0118. The van der Waals surface area contributed by atoms with E-state index in [-0.39, 0.29) is 11.8 Å².